The van der Waals surface area contributed by atoms with Gasteiger partial charge in [0.05, 0.1) is 5.25 Å². The van der Waals surface area contributed by atoms with Crippen molar-refractivity contribution < 1.29 is 9.18 Å². The molecule has 0 aliphatic rings. The van der Waals surface area contributed by atoms with Crippen LogP contribution in [0.1, 0.15) is 12.5 Å². The highest BCUT2D eigenvalue weighted by atomic mass is 32.2. The van der Waals surface area contributed by atoms with Crippen molar-refractivity contribution in [1.29, 1.82) is 0 Å². The van der Waals surface area contributed by atoms with Crippen LogP contribution in [0.5, 0.6) is 0 Å². The second kappa shape index (κ2) is 8.92. The van der Waals surface area contributed by atoms with Crippen molar-refractivity contribution in [2.45, 2.75) is 28.2 Å². The molecule has 1 heterocycles. The number of carbonyl (C=O) groups excluding carboxylic acids is 1. The molecule has 0 fully saturated rings. The normalized spacial score (nSPS) is 11.9. The van der Waals surface area contributed by atoms with E-state index in [-0.39, 0.29) is 5.91 Å². The minimum atomic E-state index is -0.480. The number of anilines is 1. The maximum Gasteiger partial charge on any atom is 0.237 e. The highest BCUT2D eigenvalue weighted by molar-refractivity contribution is 8.00. The summed E-state index contributed by atoms with van der Waals surface area (Å²) in [7, 11) is 0. The van der Waals surface area contributed by atoms with Crippen molar-refractivity contribution >= 4 is 35.1 Å². The molecule has 0 aliphatic carbocycles. The molecule has 0 unspecified atom stereocenters. The number of hydrogen-bond acceptors (Lipinski definition) is 6. The molecule has 0 saturated carbocycles. The number of nitrogens with two attached hydrogens (primary N) is 1. The minimum Gasteiger partial charge on any atom is -0.335 e. The van der Waals surface area contributed by atoms with E-state index in [4.69, 9.17) is 5.84 Å². The first-order valence-electron chi connectivity index (χ1n) is 8.13. The molecule has 0 spiro atoms. The van der Waals surface area contributed by atoms with Gasteiger partial charge in [-0.15, -0.1) is 10.2 Å². The van der Waals surface area contributed by atoms with Gasteiger partial charge < -0.3 is 11.2 Å². The molecule has 9 heteroatoms. The summed E-state index contributed by atoms with van der Waals surface area (Å²) < 4.78 is 14.6. The van der Waals surface area contributed by atoms with Gasteiger partial charge in [0.15, 0.2) is 0 Å². The number of nitrogens with zero attached hydrogens (tertiary/aromatic N) is 3. The molecule has 3 aromatic rings. The average molecular weight is 404 g/mol. The van der Waals surface area contributed by atoms with E-state index in [1.807, 2.05) is 30.3 Å². The molecule has 140 valence electrons. The topological polar surface area (TPSA) is 85.8 Å². The lowest BCUT2D eigenvalue weighted by Crippen LogP contribution is -2.23. The summed E-state index contributed by atoms with van der Waals surface area (Å²) in [6.45, 7) is 1.73. The van der Waals surface area contributed by atoms with Crippen molar-refractivity contribution in [3.63, 3.8) is 0 Å². The molecule has 1 amide bonds. The Kier molecular flexibility index (Phi) is 6.36. The summed E-state index contributed by atoms with van der Waals surface area (Å²) in [5.41, 5.74) is 1.56. The fourth-order valence-corrected chi connectivity index (χ4v) is 3.83. The van der Waals surface area contributed by atoms with Gasteiger partial charge in [0.1, 0.15) is 5.82 Å². The number of benzene rings is 2. The van der Waals surface area contributed by atoms with Crippen LogP contribution in [0.25, 0.3) is 0 Å². The first kappa shape index (κ1) is 19.2. The monoisotopic (exact) mass is 403 g/mol. The molecule has 3 N–H and O–H groups in total. The number of aromatic nitrogens is 3. The number of amides is 1. The lowest BCUT2D eigenvalue weighted by molar-refractivity contribution is -0.115. The average Bonchev–Trinajstić information content (AvgIpc) is 3.00. The highest BCUT2D eigenvalue weighted by Crippen LogP contribution is 2.26. The van der Waals surface area contributed by atoms with Crippen molar-refractivity contribution in [1.82, 2.24) is 14.9 Å². The van der Waals surface area contributed by atoms with Crippen molar-refractivity contribution in [3.05, 3.63) is 66.0 Å². The lowest BCUT2D eigenvalue weighted by Gasteiger charge is -2.11. The molecule has 6 nitrogen and oxygen atoms in total. The number of halogens is 1. The maximum absolute atomic E-state index is 13.2. The Morgan fingerprint density at radius 1 is 1.19 bits per heavy atom. The van der Waals surface area contributed by atoms with Gasteiger partial charge in [0.25, 0.3) is 0 Å². The third-order valence-corrected chi connectivity index (χ3v) is 5.66. The number of carbonyl (C=O) groups is 1. The Bertz CT molecular complexity index is 919. The second-order valence-electron chi connectivity index (χ2n) is 5.67. The molecule has 1 atom stereocenters. The molecular weight excluding hydrogens is 385 g/mol. The van der Waals surface area contributed by atoms with Gasteiger partial charge in [-0.2, -0.15) is 0 Å². The van der Waals surface area contributed by atoms with E-state index < -0.39 is 11.1 Å². The van der Waals surface area contributed by atoms with E-state index in [0.29, 0.717) is 16.0 Å². The van der Waals surface area contributed by atoms with E-state index in [1.54, 1.807) is 13.0 Å². The van der Waals surface area contributed by atoms with E-state index >= 15 is 0 Å². The summed E-state index contributed by atoms with van der Waals surface area (Å²) >= 11 is 2.66. The van der Waals surface area contributed by atoms with Crippen LogP contribution < -0.4 is 11.2 Å². The van der Waals surface area contributed by atoms with Crippen LogP contribution in [-0.2, 0) is 10.5 Å². The van der Waals surface area contributed by atoms with E-state index in [0.717, 1.165) is 11.3 Å². The summed E-state index contributed by atoms with van der Waals surface area (Å²) in [5, 5.41) is 11.3. The van der Waals surface area contributed by atoms with Crippen molar-refractivity contribution in [2.24, 2.45) is 0 Å². The molecule has 2 aromatic carbocycles. The smallest absolute Gasteiger partial charge is 0.237 e. The zero-order chi connectivity index (χ0) is 19.2. The fourth-order valence-electron chi connectivity index (χ4n) is 2.19. The summed E-state index contributed by atoms with van der Waals surface area (Å²) in [6.07, 6.45) is 0. The van der Waals surface area contributed by atoms with E-state index in [9.17, 15) is 9.18 Å². The Balaban J connectivity index is 1.58. The zero-order valence-electron chi connectivity index (χ0n) is 14.5. The van der Waals surface area contributed by atoms with Gasteiger partial charge in [-0.3, -0.25) is 4.79 Å². The van der Waals surface area contributed by atoms with Gasteiger partial charge in [0, 0.05) is 11.4 Å². The van der Waals surface area contributed by atoms with Gasteiger partial charge >= 0.3 is 0 Å². The minimum absolute atomic E-state index is 0.271. The number of hydrogen-bond donors (Lipinski definition) is 2. The molecule has 3 rings (SSSR count). The third kappa shape index (κ3) is 5.24. The predicted octanol–water partition coefficient (Wildman–Crippen LogP) is 3.54. The van der Waals surface area contributed by atoms with Crippen LogP contribution >= 0.6 is 23.5 Å². The van der Waals surface area contributed by atoms with Gasteiger partial charge in [-0.1, -0.05) is 59.9 Å². The molecule has 0 aliphatic heterocycles. The number of nitrogen functional groups attached to an aromatic ring is 1. The fraction of sp³-hybridized carbons (Fsp3) is 0.167. The van der Waals surface area contributed by atoms with E-state index in [2.05, 4.69) is 15.5 Å². The van der Waals surface area contributed by atoms with Crippen LogP contribution in [0, 0.1) is 5.82 Å². The first-order chi connectivity index (χ1) is 13.0. The lowest BCUT2D eigenvalue weighted by atomic mass is 10.2. The molecule has 0 bridgehead atoms. The standard InChI is InChI=1S/C18H18FN5OS2/c1-12(16(25)21-15-9-5-8-14(19)10-15)27-18-23-22-17(24(18)20)26-11-13-6-3-2-4-7-13/h2-10,12H,11,20H2,1H3,(H,21,25)/t12-/m0/s1. The third-order valence-electron chi connectivity index (χ3n) is 3.59. The Morgan fingerprint density at radius 3 is 2.67 bits per heavy atom. The summed E-state index contributed by atoms with van der Waals surface area (Å²) in [4.78, 5) is 12.3. The molecule has 1 aromatic heterocycles. The van der Waals surface area contributed by atoms with Crippen LogP contribution in [0.4, 0.5) is 10.1 Å². The summed E-state index contributed by atoms with van der Waals surface area (Å²) in [6, 6.07) is 15.7. The Hall–Kier alpha value is -2.52. The largest absolute Gasteiger partial charge is 0.335 e. The van der Waals surface area contributed by atoms with Crippen LogP contribution in [0.2, 0.25) is 0 Å². The van der Waals surface area contributed by atoms with Crippen molar-refractivity contribution in [2.75, 3.05) is 11.2 Å². The van der Waals surface area contributed by atoms with Gasteiger partial charge in [0.2, 0.25) is 16.2 Å². The summed E-state index contributed by atoms with van der Waals surface area (Å²) in [5.74, 6) is 6.10. The maximum atomic E-state index is 13.2. The molecule has 0 radical (unpaired) electrons. The molecule has 27 heavy (non-hydrogen) atoms. The Labute approximate surface area is 164 Å². The van der Waals surface area contributed by atoms with Crippen LogP contribution in [0.3, 0.4) is 0 Å². The van der Waals surface area contributed by atoms with Gasteiger partial charge in [-0.05, 0) is 30.7 Å². The zero-order valence-corrected chi connectivity index (χ0v) is 16.1. The first-order valence-corrected chi connectivity index (χ1v) is 10.00. The van der Waals surface area contributed by atoms with Crippen LogP contribution in [0.15, 0.2) is 64.9 Å². The number of nitrogens with one attached hydrogen (secondary N) is 1. The Morgan fingerprint density at radius 2 is 1.93 bits per heavy atom. The molecular formula is C18H18FN5OS2. The van der Waals surface area contributed by atoms with Gasteiger partial charge in [-0.25, -0.2) is 9.07 Å². The second-order valence-corrected chi connectivity index (χ2v) is 7.92. The van der Waals surface area contributed by atoms with E-state index in [1.165, 1.54) is 46.4 Å². The number of rotatable bonds is 7. The quantitative estimate of drug-likeness (QED) is 0.464. The van der Waals surface area contributed by atoms with Crippen LogP contribution in [-0.4, -0.2) is 26.0 Å². The SMILES string of the molecule is C[C@H](Sc1nnc(SCc2ccccc2)n1N)C(=O)Nc1cccc(F)c1. The predicted molar refractivity (Wildman–Crippen MR) is 107 cm³/mol. The highest BCUT2D eigenvalue weighted by Gasteiger charge is 2.20. The van der Waals surface area contributed by atoms with Crippen molar-refractivity contribution in [3.8, 4) is 0 Å². The number of thioether (sulfide) groups is 2. The molecule has 0 saturated heterocycles.